The van der Waals surface area contributed by atoms with Crippen LogP contribution in [-0.4, -0.2) is 22.3 Å². The number of halogens is 2. The fourth-order valence-electron chi connectivity index (χ4n) is 3.72. The predicted octanol–water partition coefficient (Wildman–Crippen LogP) is 6.21. The first-order valence-electron chi connectivity index (χ1n) is 8.97. The Bertz CT molecular complexity index is 1080. The van der Waals surface area contributed by atoms with Crippen LogP contribution in [0.25, 0.3) is 23.1 Å². The summed E-state index contributed by atoms with van der Waals surface area (Å²) in [6.07, 6.45) is 5.80. The summed E-state index contributed by atoms with van der Waals surface area (Å²) in [5, 5.41) is 2.58. The minimum absolute atomic E-state index is 0.137. The molecule has 4 rings (SSSR count). The summed E-state index contributed by atoms with van der Waals surface area (Å²) in [5.41, 5.74) is 5.41. The first-order valence-corrected chi connectivity index (χ1v) is 10.6. The average Bonchev–Trinajstić information content (AvgIpc) is 3.22. The Kier molecular flexibility index (Phi) is 5.32. The average molecular weight is 432 g/mol. The quantitative estimate of drug-likeness (QED) is 0.533. The van der Waals surface area contributed by atoms with Gasteiger partial charge in [0.1, 0.15) is 5.78 Å². The maximum absolute atomic E-state index is 12.5. The molecule has 1 N–H and O–H groups in total. The lowest BCUT2D eigenvalue weighted by atomic mass is 9.89. The molecule has 0 bridgehead atoms. The number of nitrogens with one attached hydrogen (secondary N) is 1. The fraction of sp³-hybridized carbons (Fsp3) is 0.238. The summed E-state index contributed by atoms with van der Waals surface area (Å²) in [4.78, 5) is 23.9. The minimum atomic E-state index is -0.225. The molecular weight excluding hydrogens is 413 g/mol. The number of benzene rings is 1. The molecule has 2 aromatic heterocycles. The Hall–Kier alpha value is -2.08. The number of nitrogens with zero attached hydrogens (tertiary/aromatic N) is 2. The van der Waals surface area contributed by atoms with Crippen LogP contribution in [-0.2, 0) is 11.3 Å². The Balaban J connectivity index is 1.80. The highest BCUT2D eigenvalue weighted by atomic mass is 35.5. The van der Waals surface area contributed by atoms with Crippen LogP contribution in [0.15, 0.2) is 29.8 Å². The van der Waals surface area contributed by atoms with Gasteiger partial charge >= 0.3 is 0 Å². The lowest BCUT2D eigenvalue weighted by molar-refractivity contribution is -0.118. The molecule has 0 fully saturated rings. The van der Waals surface area contributed by atoms with E-state index in [1.165, 1.54) is 5.54 Å². The van der Waals surface area contributed by atoms with E-state index in [0.29, 0.717) is 18.1 Å². The van der Waals surface area contributed by atoms with Crippen LogP contribution in [0, 0.1) is 0 Å². The van der Waals surface area contributed by atoms with Crippen molar-refractivity contribution in [1.29, 1.82) is 0 Å². The number of aromatic nitrogens is 2. The number of ketones is 1. The van der Waals surface area contributed by atoms with Gasteiger partial charge in [0.15, 0.2) is 5.13 Å². The van der Waals surface area contributed by atoms with Crippen LogP contribution in [0.4, 0.5) is 5.13 Å². The summed E-state index contributed by atoms with van der Waals surface area (Å²) in [6.45, 7) is 4.88. The summed E-state index contributed by atoms with van der Waals surface area (Å²) in [7, 11) is 0. The molecular formula is C21H19Cl2N3OS. The van der Waals surface area contributed by atoms with Crippen molar-refractivity contribution in [3.63, 3.8) is 0 Å². The zero-order valence-corrected chi connectivity index (χ0v) is 17.8. The maximum Gasteiger partial charge on any atom is 0.186 e. The summed E-state index contributed by atoms with van der Waals surface area (Å²) >= 11 is 13.6. The van der Waals surface area contributed by atoms with Crippen LogP contribution in [0.2, 0.25) is 5.02 Å². The van der Waals surface area contributed by atoms with E-state index in [4.69, 9.17) is 28.2 Å². The Morgan fingerprint density at radius 2 is 2.21 bits per heavy atom. The number of rotatable bonds is 4. The number of H-pyrrole nitrogens is 1. The molecule has 0 saturated carbocycles. The molecule has 0 spiro atoms. The highest BCUT2D eigenvalue weighted by molar-refractivity contribution is 7.16. The van der Waals surface area contributed by atoms with Gasteiger partial charge in [-0.1, -0.05) is 40.6 Å². The summed E-state index contributed by atoms with van der Waals surface area (Å²) in [5.74, 6) is -0.0880. The van der Waals surface area contributed by atoms with Gasteiger partial charge in [-0.2, -0.15) is 0 Å². The number of fused-ring (bicyclic) bond motifs is 3. The molecule has 3 aromatic rings. The Morgan fingerprint density at radius 1 is 1.39 bits per heavy atom. The number of thiazole rings is 1. The summed E-state index contributed by atoms with van der Waals surface area (Å²) in [6, 6.07) is 5.77. The van der Waals surface area contributed by atoms with Crippen LogP contribution in [0.5, 0.6) is 0 Å². The normalized spacial score (nSPS) is 17.1. The number of Topliss-reactive ketones (excluding diaryl/α,β-unsaturated/α-hetero) is 1. The van der Waals surface area contributed by atoms with E-state index in [0.717, 1.165) is 37.9 Å². The second-order valence-electron chi connectivity index (χ2n) is 6.79. The van der Waals surface area contributed by atoms with Gasteiger partial charge in [0.05, 0.1) is 23.0 Å². The first-order chi connectivity index (χ1) is 13.5. The van der Waals surface area contributed by atoms with Gasteiger partial charge in [0.25, 0.3) is 0 Å². The third kappa shape index (κ3) is 3.39. The molecule has 1 atom stereocenters. The Morgan fingerprint density at radius 3 is 2.93 bits per heavy atom. The topological polar surface area (TPSA) is 49.0 Å². The van der Waals surface area contributed by atoms with Crippen molar-refractivity contribution in [2.75, 3.05) is 11.4 Å². The van der Waals surface area contributed by atoms with Crippen molar-refractivity contribution in [1.82, 2.24) is 9.97 Å². The van der Waals surface area contributed by atoms with Crippen LogP contribution < -0.4 is 4.90 Å². The number of anilines is 1. The standard InChI is InChI=1S/C21H19Cl2N3OS/c1-3-4-19-17(7-8-22)25-21(28-19)26-10-15(12(2)27)20-14-9-13(23)5-6-16(14)24-18(20)11-26/h3-9,15,24H,10-11H2,1-2H3/b4-3-,8-7+. The molecule has 0 saturated heterocycles. The van der Waals surface area contributed by atoms with E-state index in [1.54, 1.807) is 24.3 Å². The molecule has 28 heavy (non-hydrogen) atoms. The van der Waals surface area contributed by atoms with E-state index in [-0.39, 0.29) is 11.7 Å². The molecule has 1 unspecified atom stereocenters. The molecule has 0 radical (unpaired) electrons. The number of allylic oxidation sites excluding steroid dienone is 1. The molecule has 7 heteroatoms. The van der Waals surface area contributed by atoms with Gasteiger partial charge < -0.3 is 9.88 Å². The molecule has 144 valence electrons. The second kappa shape index (κ2) is 7.74. The predicted molar refractivity (Wildman–Crippen MR) is 119 cm³/mol. The van der Waals surface area contributed by atoms with Gasteiger partial charge in [-0.25, -0.2) is 4.98 Å². The molecule has 4 nitrogen and oxygen atoms in total. The second-order valence-corrected chi connectivity index (χ2v) is 8.49. The number of carbonyl (C=O) groups is 1. The van der Waals surface area contributed by atoms with Crippen molar-refractivity contribution in [2.24, 2.45) is 0 Å². The fourth-order valence-corrected chi connectivity index (χ4v) is 5.05. The minimum Gasteiger partial charge on any atom is -0.357 e. The van der Waals surface area contributed by atoms with E-state index in [2.05, 4.69) is 9.88 Å². The zero-order valence-electron chi connectivity index (χ0n) is 15.5. The lowest BCUT2D eigenvalue weighted by Gasteiger charge is -2.31. The van der Waals surface area contributed by atoms with Crippen molar-refractivity contribution >= 4 is 68.5 Å². The smallest absolute Gasteiger partial charge is 0.186 e. The van der Waals surface area contributed by atoms with Crippen molar-refractivity contribution < 1.29 is 4.79 Å². The van der Waals surface area contributed by atoms with Crippen LogP contribution in [0.3, 0.4) is 0 Å². The molecule has 0 aliphatic carbocycles. The van der Waals surface area contributed by atoms with E-state index >= 15 is 0 Å². The number of carbonyl (C=O) groups excluding carboxylic acids is 1. The highest BCUT2D eigenvalue weighted by Crippen LogP contribution is 2.39. The largest absolute Gasteiger partial charge is 0.357 e. The van der Waals surface area contributed by atoms with Crippen LogP contribution >= 0.6 is 34.5 Å². The number of hydrogen-bond donors (Lipinski definition) is 1. The van der Waals surface area contributed by atoms with Crippen molar-refractivity contribution in [3.05, 3.63) is 56.7 Å². The summed E-state index contributed by atoms with van der Waals surface area (Å²) < 4.78 is 0. The zero-order chi connectivity index (χ0) is 19.8. The number of hydrogen-bond acceptors (Lipinski definition) is 4. The monoisotopic (exact) mass is 431 g/mol. The first kappa shape index (κ1) is 19.2. The van der Waals surface area contributed by atoms with E-state index in [9.17, 15) is 4.79 Å². The van der Waals surface area contributed by atoms with Gasteiger partial charge in [0, 0.05) is 33.7 Å². The van der Waals surface area contributed by atoms with Gasteiger partial charge in [-0.15, -0.1) is 0 Å². The Labute approximate surface area is 177 Å². The van der Waals surface area contributed by atoms with Gasteiger partial charge in [-0.05, 0) is 49.8 Å². The highest BCUT2D eigenvalue weighted by Gasteiger charge is 2.33. The maximum atomic E-state index is 12.5. The third-order valence-corrected chi connectivity index (χ3v) is 6.41. The lowest BCUT2D eigenvalue weighted by Crippen LogP contribution is -2.36. The van der Waals surface area contributed by atoms with Crippen molar-refractivity contribution in [3.8, 4) is 0 Å². The molecule has 1 aromatic carbocycles. The number of aromatic amines is 1. The van der Waals surface area contributed by atoms with Crippen LogP contribution in [0.1, 0.15) is 41.6 Å². The molecule has 3 heterocycles. The van der Waals surface area contributed by atoms with Crippen molar-refractivity contribution in [2.45, 2.75) is 26.3 Å². The van der Waals surface area contributed by atoms with Gasteiger partial charge in [0.2, 0.25) is 0 Å². The third-order valence-electron chi connectivity index (χ3n) is 4.95. The molecule has 1 aliphatic heterocycles. The van der Waals surface area contributed by atoms with Gasteiger partial charge in [-0.3, -0.25) is 4.79 Å². The SMILES string of the molecule is C/C=C\c1sc(N2Cc3[nH]c4ccc(Cl)cc4c3C(C(C)=O)C2)nc1/C=C/Cl. The van der Waals surface area contributed by atoms with E-state index < -0.39 is 0 Å². The van der Waals surface area contributed by atoms with E-state index in [1.807, 2.05) is 37.3 Å². The molecule has 1 aliphatic rings. The molecule has 0 amide bonds.